The van der Waals surface area contributed by atoms with Crippen LogP contribution in [-0.2, 0) is 18.8 Å². The number of pyridine rings is 1. The number of hydrogen-bond acceptors (Lipinski definition) is 5. The van der Waals surface area contributed by atoms with Crippen molar-refractivity contribution in [3.63, 3.8) is 0 Å². The Balaban J connectivity index is 1.90. The number of rotatable bonds is 4. The van der Waals surface area contributed by atoms with E-state index >= 15 is 0 Å². The van der Waals surface area contributed by atoms with Gasteiger partial charge in [0.15, 0.2) is 11.2 Å². The molecule has 1 fully saturated rings. The first-order valence-electron chi connectivity index (χ1n) is 8.98. The minimum absolute atomic E-state index is 0.0559. The van der Waals surface area contributed by atoms with Crippen LogP contribution in [0.3, 0.4) is 0 Å². The average Bonchev–Trinajstić information content (AvgIpc) is 3.42. The molecule has 29 heavy (non-hydrogen) atoms. The van der Waals surface area contributed by atoms with E-state index in [0.717, 1.165) is 25.1 Å². The first-order chi connectivity index (χ1) is 13.6. The Bertz CT molecular complexity index is 1170. The monoisotopic (exact) mass is 427 g/mol. The van der Waals surface area contributed by atoms with E-state index in [1.54, 1.807) is 14.0 Å². The third-order valence-corrected chi connectivity index (χ3v) is 5.48. The summed E-state index contributed by atoms with van der Waals surface area (Å²) in [4.78, 5) is 16.1. The fourth-order valence-corrected chi connectivity index (χ4v) is 3.83. The summed E-state index contributed by atoms with van der Waals surface area (Å²) < 4.78 is 41.7. The van der Waals surface area contributed by atoms with E-state index in [4.69, 9.17) is 11.6 Å². The normalized spacial score (nSPS) is 16.9. The number of aliphatic hydroxyl groups is 1. The Labute approximate surface area is 167 Å². The molecule has 4 rings (SSSR count). The molecular weight excluding hydrogens is 411 g/mol. The van der Waals surface area contributed by atoms with Crippen molar-refractivity contribution in [1.29, 1.82) is 0 Å². The SMILES string of the molecule is CCC(O)(c1cnc(C(F)(F)F)c(Cl)c1)c1c2cnn(C3CC3)c(=O)c2nn1C. The van der Waals surface area contributed by atoms with Gasteiger partial charge in [0, 0.05) is 18.8 Å². The molecule has 3 heterocycles. The standard InChI is InChI=1S/C18H17ClF3N5O2/c1-3-17(29,9-6-12(19)14(23-7-9)18(20,21)22)15-11-8-24-27(10-4-5-10)16(28)13(11)25-26(15)2/h6-8,10,29H,3-5H2,1-2H3. The predicted octanol–water partition coefficient (Wildman–Crippen LogP) is 3.18. The molecule has 1 saturated carbocycles. The molecule has 154 valence electrons. The molecule has 11 heteroatoms. The third-order valence-electron chi connectivity index (χ3n) is 5.19. The van der Waals surface area contributed by atoms with Crippen molar-refractivity contribution in [2.45, 2.75) is 44.0 Å². The summed E-state index contributed by atoms with van der Waals surface area (Å²) in [7, 11) is 1.55. The van der Waals surface area contributed by atoms with Gasteiger partial charge in [-0.15, -0.1) is 0 Å². The van der Waals surface area contributed by atoms with E-state index in [1.807, 2.05) is 0 Å². The van der Waals surface area contributed by atoms with Gasteiger partial charge in [-0.1, -0.05) is 18.5 Å². The maximum absolute atomic E-state index is 13.0. The van der Waals surface area contributed by atoms with Crippen LogP contribution in [0.1, 0.15) is 49.2 Å². The highest BCUT2D eigenvalue weighted by molar-refractivity contribution is 6.31. The summed E-state index contributed by atoms with van der Waals surface area (Å²) in [6, 6.07) is 1.10. The van der Waals surface area contributed by atoms with E-state index in [1.165, 1.54) is 15.6 Å². The highest BCUT2D eigenvalue weighted by atomic mass is 35.5. The van der Waals surface area contributed by atoms with Gasteiger partial charge < -0.3 is 5.11 Å². The number of alkyl halides is 3. The lowest BCUT2D eigenvalue weighted by Crippen LogP contribution is -2.30. The van der Waals surface area contributed by atoms with E-state index in [0.29, 0.717) is 5.39 Å². The molecule has 1 aliphatic rings. The second-order valence-corrected chi connectivity index (χ2v) is 7.53. The van der Waals surface area contributed by atoms with Crippen LogP contribution in [0.25, 0.3) is 10.9 Å². The number of halogens is 4. The Morgan fingerprint density at radius 3 is 2.55 bits per heavy atom. The van der Waals surface area contributed by atoms with E-state index < -0.39 is 22.5 Å². The maximum atomic E-state index is 13.0. The Morgan fingerprint density at radius 1 is 1.31 bits per heavy atom. The number of nitrogens with zero attached hydrogens (tertiary/aromatic N) is 5. The van der Waals surface area contributed by atoms with Crippen LogP contribution in [0.2, 0.25) is 5.02 Å². The van der Waals surface area contributed by atoms with Crippen LogP contribution < -0.4 is 5.56 Å². The van der Waals surface area contributed by atoms with Crippen LogP contribution in [0.4, 0.5) is 13.2 Å². The third kappa shape index (κ3) is 3.10. The van der Waals surface area contributed by atoms with Crippen LogP contribution in [0.5, 0.6) is 0 Å². The molecule has 0 radical (unpaired) electrons. The number of hydrogen-bond donors (Lipinski definition) is 1. The molecule has 0 aliphatic heterocycles. The fraction of sp³-hybridized carbons (Fsp3) is 0.444. The largest absolute Gasteiger partial charge is 0.434 e. The van der Waals surface area contributed by atoms with Gasteiger partial charge in [-0.2, -0.15) is 23.4 Å². The highest BCUT2D eigenvalue weighted by Crippen LogP contribution is 2.40. The molecule has 1 unspecified atom stereocenters. The van der Waals surface area contributed by atoms with Crippen LogP contribution in [0, 0.1) is 0 Å². The summed E-state index contributed by atoms with van der Waals surface area (Å²) in [6.45, 7) is 1.66. The number of aromatic nitrogens is 5. The average molecular weight is 428 g/mol. The number of fused-ring (bicyclic) bond motifs is 1. The minimum Gasteiger partial charge on any atom is -0.379 e. The zero-order valence-corrected chi connectivity index (χ0v) is 16.3. The quantitative estimate of drug-likeness (QED) is 0.691. The summed E-state index contributed by atoms with van der Waals surface area (Å²) in [5.41, 5.74) is -2.93. The summed E-state index contributed by atoms with van der Waals surface area (Å²) in [5.74, 6) is 0. The molecule has 1 atom stereocenters. The number of aryl methyl sites for hydroxylation is 1. The van der Waals surface area contributed by atoms with Crippen molar-refractivity contribution in [2.75, 3.05) is 0 Å². The van der Waals surface area contributed by atoms with Crippen molar-refractivity contribution in [3.05, 3.63) is 50.8 Å². The minimum atomic E-state index is -4.71. The molecule has 1 aliphatic carbocycles. The van der Waals surface area contributed by atoms with Gasteiger partial charge in [0.05, 0.1) is 28.3 Å². The zero-order chi connectivity index (χ0) is 21.1. The first kappa shape index (κ1) is 19.8. The highest BCUT2D eigenvalue weighted by Gasteiger charge is 2.40. The smallest absolute Gasteiger partial charge is 0.379 e. The molecule has 0 aromatic carbocycles. The summed E-state index contributed by atoms with van der Waals surface area (Å²) in [6.07, 6.45) is -0.500. The first-order valence-corrected chi connectivity index (χ1v) is 9.36. The van der Waals surface area contributed by atoms with Crippen molar-refractivity contribution in [2.24, 2.45) is 7.05 Å². The van der Waals surface area contributed by atoms with Crippen molar-refractivity contribution in [1.82, 2.24) is 24.5 Å². The molecular formula is C18H17ClF3N5O2. The molecule has 7 nitrogen and oxygen atoms in total. The molecule has 0 amide bonds. The van der Waals surface area contributed by atoms with E-state index in [-0.39, 0.29) is 34.8 Å². The van der Waals surface area contributed by atoms with Gasteiger partial charge in [-0.3, -0.25) is 9.48 Å². The van der Waals surface area contributed by atoms with Crippen LogP contribution >= 0.6 is 11.6 Å². The molecule has 3 aromatic heterocycles. The fourth-order valence-electron chi connectivity index (χ4n) is 3.55. The van der Waals surface area contributed by atoms with Crippen LogP contribution in [0.15, 0.2) is 23.3 Å². The predicted molar refractivity (Wildman–Crippen MR) is 98.6 cm³/mol. The van der Waals surface area contributed by atoms with Gasteiger partial charge in [-0.05, 0) is 25.3 Å². The van der Waals surface area contributed by atoms with Crippen molar-refractivity contribution < 1.29 is 18.3 Å². The van der Waals surface area contributed by atoms with Crippen LogP contribution in [-0.4, -0.2) is 29.7 Å². The molecule has 0 saturated heterocycles. The lowest BCUT2D eigenvalue weighted by molar-refractivity contribution is -0.141. The van der Waals surface area contributed by atoms with Gasteiger partial charge >= 0.3 is 6.18 Å². The lowest BCUT2D eigenvalue weighted by atomic mass is 9.87. The summed E-state index contributed by atoms with van der Waals surface area (Å²) >= 11 is 5.80. The molecule has 1 N–H and O–H groups in total. The maximum Gasteiger partial charge on any atom is 0.434 e. The van der Waals surface area contributed by atoms with Crippen molar-refractivity contribution in [3.8, 4) is 0 Å². The topological polar surface area (TPSA) is 85.8 Å². The van der Waals surface area contributed by atoms with Gasteiger partial charge in [0.25, 0.3) is 5.56 Å². The summed E-state index contributed by atoms with van der Waals surface area (Å²) in [5, 5.41) is 19.6. The van der Waals surface area contributed by atoms with E-state index in [2.05, 4.69) is 15.2 Å². The van der Waals surface area contributed by atoms with Crippen molar-refractivity contribution >= 4 is 22.5 Å². The second kappa shape index (κ2) is 6.53. The molecule has 3 aromatic rings. The Hall–Kier alpha value is -2.46. The molecule has 0 spiro atoms. The van der Waals surface area contributed by atoms with E-state index in [9.17, 15) is 23.1 Å². The lowest BCUT2D eigenvalue weighted by Gasteiger charge is -2.28. The Kier molecular flexibility index (Phi) is 4.47. The van der Waals surface area contributed by atoms with Gasteiger partial charge in [-0.25, -0.2) is 9.67 Å². The van der Waals surface area contributed by atoms with Gasteiger partial charge in [0.1, 0.15) is 5.60 Å². The van der Waals surface area contributed by atoms with Gasteiger partial charge in [0.2, 0.25) is 0 Å². The molecule has 0 bridgehead atoms. The Morgan fingerprint density at radius 2 is 2.00 bits per heavy atom. The second-order valence-electron chi connectivity index (χ2n) is 7.13. The zero-order valence-electron chi connectivity index (χ0n) is 15.5.